The van der Waals surface area contributed by atoms with Crippen molar-refractivity contribution in [3.05, 3.63) is 29.3 Å². The third-order valence-corrected chi connectivity index (χ3v) is 2.00. The van der Waals surface area contributed by atoms with Gasteiger partial charge in [0.25, 0.3) is 0 Å². The summed E-state index contributed by atoms with van der Waals surface area (Å²) in [4.78, 5) is 21.7. The van der Waals surface area contributed by atoms with Crippen molar-refractivity contribution in [1.29, 1.82) is 0 Å². The third kappa shape index (κ3) is 3.12. The number of ether oxygens (including phenoxy) is 1. The van der Waals surface area contributed by atoms with E-state index < -0.39 is 29.4 Å². The first-order valence-electron chi connectivity index (χ1n) is 4.55. The van der Waals surface area contributed by atoms with Crippen LogP contribution in [0.2, 0.25) is 0 Å². The Bertz CT molecular complexity index is 485. The average molecular weight is 263 g/mol. The highest BCUT2D eigenvalue weighted by molar-refractivity contribution is 5.98. The van der Waals surface area contributed by atoms with E-state index in [0.717, 1.165) is 13.2 Å². The van der Waals surface area contributed by atoms with Crippen molar-refractivity contribution in [2.45, 2.75) is 6.18 Å². The zero-order valence-corrected chi connectivity index (χ0v) is 9.04. The van der Waals surface area contributed by atoms with Crippen LogP contribution in [0.25, 0.3) is 0 Å². The molecule has 0 bridgehead atoms. The van der Waals surface area contributed by atoms with E-state index in [1.165, 1.54) is 0 Å². The fraction of sp³-hybridized carbons (Fsp3) is 0.200. The van der Waals surface area contributed by atoms with Gasteiger partial charge >= 0.3 is 18.2 Å². The number of hydrogen-bond donors (Lipinski definition) is 2. The summed E-state index contributed by atoms with van der Waals surface area (Å²) in [5.74, 6) is -1.59. The first kappa shape index (κ1) is 13.8. The molecule has 0 aromatic heterocycles. The maximum absolute atomic E-state index is 12.4. The molecule has 0 unspecified atom stereocenters. The largest absolute Gasteiger partial charge is 0.478 e. The topological polar surface area (TPSA) is 75.6 Å². The molecule has 1 rings (SSSR count). The maximum Gasteiger partial charge on any atom is 0.416 e. The predicted molar refractivity (Wildman–Crippen MR) is 54.4 cm³/mol. The molecule has 0 aliphatic carbocycles. The molecule has 18 heavy (non-hydrogen) atoms. The second-order valence-corrected chi connectivity index (χ2v) is 3.18. The number of carboxylic acids is 1. The molecule has 98 valence electrons. The lowest BCUT2D eigenvalue weighted by Gasteiger charge is -2.11. The van der Waals surface area contributed by atoms with Gasteiger partial charge in [0.1, 0.15) is 0 Å². The Balaban J connectivity index is 3.21. The summed E-state index contributed by atoms with van der Waals surface area (Å²) in [6, 6.07) is 1.95. The number of carbonyl (C=O) groups excluding carboxylic acids is 1. The molecule has 5 nitrogen and oxygen atoms in total. The number of benzene rings is 1. The summed E-state index contributed by atoms with van der Waals surface area (Å²) >= 11 is 0. The van der Waals surface area contributed by atoms with Crippen LogP contribution >= 0.6 is 0 Å². The summed E-state index contributed by atoms with van der Waals surface area (Å²) < 4.78 is 41.4. The molecular weight excluding hydrogens is 255 g/mol. The Morgan fingerprint density at radius 1 is 1.33 bits per heavy atom. The first-order chi connectivity index (χ1) is 8.25. The molecule has 8 heteroatoms. The van der Waals surface area contributed by atoms with Gasteiger partial charge in [-0.1, -0.05) is 0 Å². The van der Waals surface area contributed by atoms with E-state index in [1.807, 2.05) is 5.32 Å². The fourth-order valence-electron chi connectivity index (χ4n) is 1.17. The SMILES string of the molecule is COC(=O)Nc1ccc(C(F)(F)F)cc1C(=O)O. The molecule has 1 aromatic rings. The zero-order valence-electron chi connectivity index (χ0n) is 9.04. The van der Waals surface area contributed by atoms with Crippen molar-refractivity contribution >= 4 is 17.7 Å². The molecule has 0 atom stereocenters. The molecule has 0 radical (unpaired) electrons. The minimum absolute atomic E-state index is 0.276. The van der Waals surface area contributed by atoms with E-state index in [9.17, 15) is 22.8 Å². The van der Waals surface area contributed by atoms with Crippen LogP contribution in [0.3, 0.4) is 0 Å². The minimum atomic E-state index is -4.66. The van der Waals surface area contributed by atoms with E-state index in [1.54, 1.807) is 0 Å². The van der Waals surface area contributed by atoms with Gasteiger partial charge in [-0.3, -0.25) is 5.32 Å². The van der Waals surface area contributed by atoms with Crippen molar-refractivity contribution in [2.75, 3.05) is 12.4 Å². The molecule has 0 heterocycles. The number of carboxylic acid groups (broad SMARTS) is 1. The smallest absolute Gasteiger partial charge is 0.416 e. The van der Waals surface area contributed by atoms with Gasteiger partial charge in [-0.15, -0.1) is 0 Å². The molecular formula is C10H8F3NO4. The summed E-state index contributed by atoms with van der Waals surface area (Å²) in [5, 5.41) is 10.8. The van der Waals surface area contributed by atoms with E-state index in [2.05, 4.69) is 4.74 Å². The lowest BCUT2D eigenvalue weighted by Crippen LogP contribution is -2.15. The molecule has 0 spiro atoms. The highest BCUT2D eigenvalue weighted by Crippen LogP contribution is 2.31. The third-order valence-electron chi connectivity index (χ3n) is 2.00. The van der Waals surface area contributed by atoms with E-state index >= 15 is 0 Å². The molecule has 1 aromatic carbocycles. The van der Waals surface area contributed by atoms with Crippen LogP contribution in [0, 0.1) is 0 Å². The highest BCUT2D eigenvalue weighted by atomic mass is 19.4. The fourth-order valence-corrected chi connectivity index (χ4v) is 1.17. The zero-order chi connectivity index (χ0) is 13.9. The van der Waals surface area contributed by atoms with Crippen molar-refractivity contribution in [2.24, 2.45) is 0 Å². The van der Waals surface area contributed by atoms with Gasteiger partial charge in [0.15, 0.2) is 0 Å². The number of aromatic carboxylic acids is 1. The highest BCUT2D eigenvalue weighted by Gasteiger charge is 2.32. The van der Waals surface area contributed by atoms with Gasteiger partial charge in [-0.05, 0) is 18.2 Å². The molecule has 0 saturated heterocycles. The van der Waals surface area contributed by atoms with Gasteiger partial charge in [0, 0.05) is 0 Å². The Hall–Kier alpha value is -2.25. The lowest BCUT2D eigenvalue weighted by atomic mass is 10.1. The Morgan fingerprint density at radius 2 is 1.94 bits per heavy atom. The number of carbonyl (C=O) groups is 2. The summed E-state index contributed by atoms with van der Waals surface area (Å²) in [6.45, 7) is 0. The van der Waals surface area contributed by atoms with Crippen molar-refractivity contribution in [1.82, 2.24) is 0 Å². The van der Waals surface area contributed by atoms with Gasteiger partial charge in [0.2, 0.25) is 0 Å². The van der Waals surface area contributed by atoms with Crippen molar-refractivity contribution in [3.8, 4) is 0 Å². The number of methoxy groups -OCH3 is 1. The monoisotopic (exact) mass is 263 g/mol. The number of halogens is 3. The van der Waals surface area contributed by atoms with Crippen LogP contribution < -0.4 is 5.32 Å². The average Bonchev–Trinajstić information content (AvgIpc) is 2.27. The van der Waals surface area contributed by atoms with Crippen LogP contribution in [0.5, 0.6) is 0 Å². The summed E-state index contributed by atoms with van der Waals surface area (Å²) in [7, 11) is 1.04. The van der Waals surface area contributed by atoms with E-state index in [4.69, 9.17) is 5.11 Å². The Labute approximate surface area is 99.2 Å². The van der Waals surface area contributed by atoms with Crippen LogP contribution in [-0.2, 0) is 10.9 Å². The number of alkyl halides is 3. The lowest BCUT2D eigenvalue weighted by molar-refractivity contribution is -0.137. The van der Waals surface area contributed by atoms with Gasteiger partial charge in [-0.2, -0.15) is 13.2 Å². The molecule has 2 N–H and O–H groups in total. The predicted octanol–water partition coefficient (Wildman–Crippen LogP) is 2.58. The van der Waals surface area contributed by atoms with Crippen molar-refractivity contribution < 1.29 is 32.6 Å². The Kier molecular flexibility index (Phi) is 3.79. The first-order valence-corrected chi connectivity index (χ1v) is 4.55. The number of hydrogen-bond acceptors (Lipinski definition) is 3. The van der Waals surface area contributed by atoms with Crippen LogP contribution in [0.15, 0.2) is 18.2 Å². The maximum atomic E-state index is 12.4. The molecule has 1 amide bonds. The van der Waals surface area contributed by atoms with Crippen LogP contribution in [0.4, 0.5) is 23.7 Å². The standard InChI is InChI=1S/C10H8F3NO4/c1-18-9(17)14-7-3-2-5(10(11,12)13)4-6(7)8(15)16/h2-4H,1H3,(H,14,17)(H,15,16). The summed E-state index contributed by atoms with van der Waals surface area (Å²) in [6.07, 6.45) is -5.63. The van der Waals surface area contributed by atoms with Crippen LogP contribution in [0.1, 0.15) is 15.9 Å². The molecule has 0 fully saturated rings. The van der Waals surface area contributed by atoms with Crippen LogP contribution in [-0.4, -0.2) is 24.3 Å². The number of rotatable bonds is 2. The van der Waals surface area contributed by atoms with E-state index in [0.29, 0.717) is 12.1 Å². The van der Waals surface area contributed by atoms with E-state index in [-0.39, 0.29) is 5.69 Å². The number of anilines is 1. The number of nitrogens with one attached hydrogen (secondary N) is 1. The quantitative estimate of drug-likeness (QED) is 0.859. The van der Waals surface area contributed by atoms with Gasteiger partial charge in [-0.25, -0.2) is 9.59 Å². The normalized spacial score (nSPS) is 10.9. The molecule has 0 aliphatic rings. The Morgan fingerprint density at radius 3 is 2.39 bits per heavy atom. The number of amides is 1. The molecule has 0 aliphatic heterocycles. The second-order valence-electron chi connectivity index (χ2n) is 3.18. The van der Waals surface area contributed by atoms with Gasteiger partial charge in [0.05, 0.1) is 23.9 Å². The minimum Gasteiger partial charge on any atom is -0.478 e. The summed E-state index contributed by atoms with van der Waals surface area (Å²) in [5.41, 5.74) is -2.06. The van der Waals surface area contributed by atoms with Crippen molar-refractivity contribution in [3.63, 3.8) is 0 Å². The van der Waals surface area contributed by atoms with Gasteiger partial charge < -0.3 is 9.84 Å². The second kappa shape index (κ2) is 4.94. The molecule has 0 saturated carbocycles.